The van der Waals surface area contributed by atoms with Crippen molar-refractivity contribution in [3.05, 3.63) is 71.5 Å². The summed E-state index contributed by atoms with van der Waals surface area (Å²) in [5, 5.41) is 10.8. The monoisotopic (exact) mass is 374 g/mol. The molecule has 3 rings (SSSR count). The number of aryl methyl sites for hydroxylation is 1. The van der Waals surface area contributed by atoms with Gasteiger partial charge in [0.05, 0.1) is 17.6 Å². The van der Waals surface area contributed by atoms with Crippen LogP contribution in [0.15, 0.2) is 54.7 Å². The summed E-state index contributed by atoms with van der Waals surface area (Å²) in [5.74, 6) is 0.807. The molecule has 0 aliphatic heterocycles. The lowest BCUT2D eigenvalue weighted by molar-refractivity contribution is 0.0999. The maximum absolute atomic E-state index is 11.4. The molecular weight excluding hydrogens is 352 g/mol. The van der Waals surface area contributed by atoms with E-state index in [-0.39, 0.29) is 0 Å². The number of primary amides is 1. The van der Waals surface area contributed by atoms with Gasteiger partial charge in [0.1, 0.15) is 17.2 Å². The summed E-state index contributed by atoms with van der Waals surface area (Å²) in [5.41, 5.74) is 10.4. The van der Waals surface area contributed by atoms with Crippen molar-refractivity contribution in [2.75, 3.05) is 12.4 Å². The van der Waals surface area contributed by atoms with Crippen molar-refractivity contribution >= 4 is 17.3 Å². The van der Waals surface area contributed by atoms with Crippen LogP contribution in [-0.4, -0.2) is 23.7 Å². The predicted molar refractivity (Wildman–Crippen MR) is 111 cm³/mol. The number of carbonyl (C=O) groups is 1. The zero-order chi connectivity index (χ0) is 20.3. The summed E-state index contributed by atoms with van der Waals surface area (Å²) < 4.78 is 5.96. The molecule has 1 amide bonds. The number of nitrogens with two attached hydrogens (primary N) is 1. The molecule has 0 aliphatic carbocycles. The summed E-state index contributed by atoms with van der Waals surface area (Å²) in [7, 11) is 1.78. The molecule has 142 valence electrons. The molecule has 0 saturated heterocycles. The SMILES string of the molecule is CNc1cc(Oc2cccc(-c3ccc(C(N)=O)c(C)c3)c2)cnc1C(C)=N. The fourth-order valence-electron chi connectivity index (χ4n) is 2.99. The molecular formula is C22H22N4O2. The van der Waals surface area contributed by atoms with Crippen LogP contribution in [0.3, 0.4) is 0 Å². The lowest BCUT2D eigenvalue weighted by Crippen LogP contribution is -2.12. The molecule has 0 fully saturated rings. The molecule has 1 aromatic heterocycles. The molecule has 2 aromatic carbocycles. The molecule has 6 nitrogen and oxygen atoms in total. The highest BCUT2D eigenvalue weighted by Gasteiger charge is 2.10. The molecule has 6 heteroatoms. The third-order valence-corrected chi connectivity index (χ3v) is 4.38. The Labute approximate surface area is 163 Å². The summed E-state index contributed by atoms with van der Waals surface area (Å²) >= 11 is 0. The lowest BCUT2D eigenvalue weighted by atomic mass is 9.99. The second kappa shape index (κ2) is 7.92. The number of amides is 1. The van der Waals surface area contributed by atoms with Crippen molar-refractivity contribution < 1.29 is 9.53 Å². The van der Waals surface area contributed by atoms with Crippen LogP contribution < -0.4 is 15.8 Å². The number of anilines is 1. The molecule has 1 heterocycles. The van der Waals surface area contributed by atoms with Gasteiger partial charge in [-0.2, -0.15) is 0 Å². The predicted octanol–water partition coefficient (Wildman–Crippen LogP) is 4.38. The van der Waals surface area contributed by atoms with Gasteiger partial charge in [0.15, 0.2) is 0 Å². The summed E-state index contributed by atoms with van der Waals surface area (Å²) in [6.45, 7) is 3.56. The van der Waals surface area contributed by atoms with Gasteiger partial charge in [0, 0.05) is 18.7 Å². The normalized spacial score (nSPS) is 10.4. The van der Waals surface area contributed by atoms with Gasteiger partial charge in [-0.1, -0.05) is 24.3 Å². The first kappa shape index (κ1) is 19.1. The van der Waals surface area contributed by atoms with E-state index in [1.54, 1.807) is 26.2 Å². The van der Waals surface area contributed by atoms with Gasteiger partial charge in [-0.25, -0.2) is 4.98 Å². The van der Waals surface area contributed by atoms with Gasteiger partial charge in [-0.05, 0) is 48.7 Å². The largest absolute Gasteiger partial charge is 0.456 e. The molecule has 0 radical (unpaired) electrons. The summed E-state index contributed by atoms with van der Waals surface area (Å²) in [6, 6.07) is 15.0. The number of rotatable bonds is 6. The van der Waals surface area contributed by atoms with Gasteiger partial charge in [0.2, 0.25) is 5.91 Å². The Bertz CT molecular complexity index is 1060. The quantitative estimate of drug-likeness (QED) is 0.557. The first-order valence-corrected chi connectivity index (χ1v) is 8.81. The molecule has 0 atom stereocenters. The van der Waals surface area contributed by atoms with E-state index < -0.39 is 5.91 Å². The molecule has 0 saturated carbocycles. The van der Waals surface area contributed by atoms with Crippen LogP contribution in [0.1, 0.15) is 28.5 Å². The third-order valence-electron chi connectivity index (χ3n) is 4.38. The molecule has 0 aliphatic rings. The maximum atomic E-state index is 11.4. The Morgan fingerprint density at radius 2 is 1.86 bits per heavy atom. The number of pyridine rings is 1. The second-order valence-electron chi connectivity index (χ2n) is 6.47. The van der Waals surface area contributed by atoms with Crippen molar-refractivity contribution in [2.24, 2.45) is 5.73 Å². The topological polar surface area (TPSA) is 101 Å². The van der Waals surface area contributed by atoms with E-state index in [0.29, 0.717) is 28.5 Å². The summed E-state index contributed by atoms with van der Waals surface area (Å²) in [6.07, 6.45) is 1.60. The van der Waals surface area contributed by atoms with Gasteiger partial charge in [-0.3, -0.25) is 4.79 Å². The summed E-state index contributed by atoms with van der Waals surface area (Å²) in [4.78, 5) is 15.7. The van der Waals surface area contributed by atoms with E-state index in [4.69, 9.17) is 15.9 Å². The van der Waals surface area contributed by atoms with Crippen LogP contribution in [0, 0.1) is 12.3 Å². The minimum absolute atomic E-state index is 0.382. The average molecular weight is 374 g/mol. The van der Waals surface area contributed by atoms with Crippen LogP contribution in [0.4, 0.5) is 5.69 Å². The highest BCUT2D eigenvalue weighted by Crippen LogP contribution is 2.30. The number of nitrogens with zero attached hydrogens (tertiary/aromatic N) is 1. The van der Waals surface area contributed by atoms with E-state index in [1.165, 1.54) is 0 Å². The molecule has 4 N–H and O–H groups in total. The van der Waals surface area contributed by atoms with Crippen molar-refractivity contribution in [3.63, 3.8) is 0 Å². The number of aromatic nitrogens is 1. The Hall–Kier alpha value is -3.67. The number of ether oxygens (including phenoxy) is 1. The number of benzene rings is 2. The highest BCUT2D eigenvalue weighted by molar-refractivity contribution is 5.99. The minimum Gasteiger partial charge on any atom is -0.456 e. The Kier molecular flexibility index (Phi) is 5.40. The number of hydrogen-bond donors (Lipinski definition) is 3. The molecule has 3 aromatic rings. The van der Waals surface area contributed by atoms with Crippen LogP contribution in [0.2, 0.25) is 0 Å². The minimum atomic E-state index is -0.433. The zero-order valence-corrected chi connectivity index (χ0v) is 16.0. The van der Waals surface area contributed by atoms with Gasteiger partial charge in [-0.15, -0.1) is 0 Å². The van der Waals surface area contributed by atoms with E-state index in [1.807, 2.05) is 49.4 Å². The molecule has 28 heavy (non-hydrogen) atoms. The molecule has 0 bridgehead atoms. The zero-order valence-electron chi connectivity index (χ0n) is 16.0. The number of hydrogen-bond acceptors (Lipinski definition) is 5. The average Bonchev–Trinajstić information content (AvgIpc) is 2.67. The molecule has 0 unspecified atom stereocenters. The van der Waals surface area contributed by atoms with Crippen molar-refractivity contribution in [3.8, 4) is 22.6 Å². The molecule has 0 spiro atoms. The van der Waals surface area contributed by atoms with Crippen LogP contribution >= 0.6 is 0 Å². The maximum Gasteiger partial charge on any atom is 0.248 e. The van der Waals surface area contributed by atoms with E-state index in [2.05, 4.69) is 10.3 Å². The third kappa shape index (κ3) is 4.01. The fourth-order valence-corrected chi connectivity index (χ4v) is 2.99. The van der Waals surface area contributed by atoms with Crippen LogP contribution in [-0.2, 0) is 0 Å². The standard InChI is InChI=1S/C22H22N4O2/c1-13-9-16(7-8-19(13)22(24)27)15-5-4-6-17(10-15)28-18-11-20(25-3)21(14(2)23)26-12-18/h4-12,23,25H,1-3H3,(H2,24,27). The van der Waals surface area contributed by atoms with Crippen LogP contribution in [0.25, 0.3) is 11.1 Å². The van der Waals surface area contributed by atoms with Crippen molar-refractivity contribution in [1.29, 1.82) is 5.41 Å². The van der Waals surface area contributed by atoms with Crippen LogP contribution in [0.5, 0.6) is 11.5 Å². The van der Waals surface area contributed by atoms with Gasteiger partial charge >= 0.3 is 0 Å². The van der Waals surface area contributed by atoms with Crippen molar-refractivity contribution in [2.45, 2.75) is 13.8 Å². The Morgan fingerprint density at radius 1 is 1.11 bits per heavy atom. The lowest BCUT2D eigenvalue weighted by Gasteiger charge is -2.12. The van der Waals surface area contributed by atoms with Crippen molar-refractivity contribution in [1.82, 2.24) is 4.98 Å². The van der Waals surface area contributed by atoms with E-state index in [9.17, 15) is 4.79 Å². The van der Waals surface area contributed by atoms with Gasteiger partial charge in [0.25, 0.3) is 0 Å². The fraction of sp³-hybridized carbons (Fsp3) is 0.136. The first-order valence-electron chi connectivity index (χ1n) is 8.81. The van der Waals surface area contributed by atoms with E-state index >= 15 is 0 Å². The second-order valence-corrected chi connectivity index (χ2v) is 6.47. The number of carbonyl (C=O) groups excluding carboxylic acids is 1. The highest BCUT2D eigenvalue weighted by atomic mass is 16.5. The Balaban J connectivity index is 1.89. The van der Waals surface area contributed by atoms with E-state index in [0.717, 1.165) is 22.4 Å². The first-order chi connectivity index (χ1) is 13.4. The number of nitrogens with one attached hydrogen (secondary N) is 2. The van der Waals surface area contributed by atoms with Gasteiger partial charge < -0.3 is 21.2 Å². The smallest absolute Gasteiger partial charge is 0.248 e. The Morgan fingerprint density at radius 3 is 2.50 bits per heavy atom.